The zero-order chi connectivity index (χ0) is 15.2. The van der Waals surface area contributed by atoms with Gasteiger partial charge in [-0.25, -0.2) is 0 Å². The van der Waals surface area contributed by atoms with Gasteiger partial charge in [0.25, 0.3) is 0 Å². The fourth-order valence-electron chi connectivity index (χ4n) is 2.15. The molecule has 1 N–H and O–H groups in total. The van der Waals surface area contributed by atoms with Gasteiger partial charge in [0, 0.05) is 16.6 Å². The predicted molar refractivity (Wildman–Crippen MR) is 88.1 cm³/mol. The summed E-state index contributed by atoms with van der Waals surface area (Å²) in [4.78, 5) is 12.0. The highest BCUT2D eigenvalue weighted by Crippen LogP contribution is 2.24. The minimum atomic E-state index is -0.0708. The molecule has 0 heterocycles. The molecule has 1 amide bonds. The summed E-state index contributed by atoms with van der Waals surface area (Å²) < 4.78 is 0. The molecular weight excluding hydrogens is 305 g/mol. The van der Waals surface area contributed by atoms with E-state index in [-0.39, 0.29) is 12.3 Å². The Balaban J connectivity index is 1.87. The van der Waals surface area contributed by atoms with Crippen LogP contribution in [0.25, 0.3) is 0 Å². The van der Waals surface area contributed by atoms with Crippen LogP contribution in [0.4, 0.5) is 0 Å². The van der Waals surface area contributed by atoms with Gasteiger partial charge in [-0.3, -0.25) is 4.79 Å². The molecule has 2 nitrogen and oxygen atoms in total. The summed E-state index contributed by atoms with van der Waals surface area (Å²) in [5, 5.41) is 3.95. The van der Waals surface area contributed by atoms with Crippen LogP contribution >= 0.6 is 23.2 Å². The summed E-state index contributed by atoms with van der Waals surface area (Å²) in [6, 6.07) is 13.4. The number of halogens is 2. The molecule has 0 saturated heterocycles. The second-order valence-corrected chi connectivity index (χ2v) is 5.72. The maximum atomic E-state index is 12.0. The van der Waals surface area contributed by atoms with Crippen molar-refractivity contribution in [2.45, 2.75) is 19.8 Å². The van der Waals surface area contributed by atoms with Crippen molar-refractivity contribution in [2.75, 3.05) is 6.54 Å². The van der Waals surface area contributed by atoms with E-state index in [1.54, 1.807) is 18.2 Å². The Labute approximate surface area is 135 Å². The fraction of sp³-hybridized carbons (Fsp3) is 0.235. The average molecular weight is 322 g/mol. The number of benzene rings is 2. The molecular formula is C17H17Cl2NO. The summed E-state index contributed by atoms with van der Waals surface area (Å²) in [7, 11) is 0. The van der Waals surface area contributed by atoms with Crippen molar-refractivity contribution < 1.29 is 4.79 Å². The van der Waals surface area contributed by atoms with E-state index >= 15 is 0 Å². The van der Waals surface area contributed by atoms with E-state index in [9.17, 15) is 4.79 Å². The molecule has 0 spiro atoms. The minimum Gasteiger partial charge on any atom is -0.355 e. The Morgan fingerprint density at radius 3 is 2.38 bits per heavy atom. The molecule has 0 aliphatic carbocycles. The van der Waals surface area contributed by atoms with E-state index in [0.717, 1.165) is 6.42 Å². The molecule has 0 bridgehead atoms. The molecule has 2 aromatic carbocycles. The van der Waals surface area contributed by atoms with E-state index in [4.69, 9.17) is 23.2 Å². The summed E-state index contributed by atoms with van der Waals surface area (Å²) >= 11 is 12.1. The average Bonchev–Trinajstić information content (AvgIpc) is 2.45. The molecule has 0 saturated carbocycles. The summed E-state index contributed by atoms with van der Waals surface area (Å²) in [6.07, 6.45) is 1.01. The molecule has 21 heavy (non-hydrogen) atoms. The van der Waals surface area contributed by atoms with E-state index in [0.29, 0.717) is 22.2 Å². The van der Waals surface area contributed by atoms with Crippen molar-refractivity contribution in [3.63, 3.8) is 0 Å². The van der Waals surface area contributed by atoms with Gasteiger partial charge in [-0.2, -0.15) is 0 Å². The third-order valence-corrected chi connectivity index (χ3v) is 4.09. The van der Waals surface area contributed by atoms with Crippen molar-refractivity contribution in [3.05, 3.63) is 69.2 Å². The highest BCUT2D eigenvalue weighted by atomic mass is 35.5. The van der Waals surface area contributed by atoms with Crippen LogP contribution in [0.2, 0.25) is 10.0 Å². The van der Waals surface area contributed by atoms with Gasteiger partial charge in [-0.15, -0.1) is 0 Å². The van der Waals surface area contributed by atoms with Gasteiger partial charge in [-0.05, 0) is 42.2 Å². The van der Waals surface area contributed by atoms with Crippen molar-refractivity contribution in [2.24, 2.45) is 0 Å². The molecule has 0 aromatic heterocycles. The Hall–Kier alpha value is -1.51. The maximum Gasteiger partial charge on any atom is 0.224 e. The number of carbonyl (C=O) groups is 1. The predicted octanol–water partition coefficient (Wildman–Crippen LogP) is 4.20. The number of amides is 1. The molecule has 2 aromatic rings. The van der Waals surface area contributed by atoms with Crippen molar-refractivity contribution in [1.29, 1.82) is 0 Å². The lowest BCUT2D eigenvalue weighted by atomic mass is 10.1. The number of hydrogen-bond acceptors (Lipinski definition) is 1. The normalized spacial score (nSPS) is 10.4. The molecule has 4 heteroatoms. The molecule has 2 rings (SSSR count). The molecule has 110 valence electrons. The Morgan fingerprint density at radius 1 is 1.05 bits per heavy atom. The number of hydrogen-bond donors (Lipinski definition) is 1. The van der Waals surface area contributed by atoms with Gasteiger partial charge >= 0.3 is 0 Å². The third kappa shape index (κ3) is 4.48. The molecule has 0 radical (unpaired) electrons. The molecule has 0 unspecified atom stereocenters. The Bertz CT molecular complexity index is 620. The van der Waals surface area contributed by atoms with E-state index in [1.165, 1.54) is 11.1 Å². The quantitative estimate of drug-likeness (QED) is 0.878. The van der Waals surface area contributed by atoms with E-state index in [1.807, 2.05) is 12.1 Å². The van der Waals surface area contributed by atoms with Crippen molar-refractivity contribution in [3.8, 4) is 0 Å². The van der Waals surface area contributed by atoms with Gasteiger partial charge in [0.2, 0.25) is 5.91 Å². The maximum absolute atomic E-state index is 12.0. The third-order valence-electron chi connectivity index (χ3n) is 3.38. The Kier molecular flexibility index (Phi) is 5.66. The van der Waals surface area contributed by atoms with Gasteiger partial charge in [0.05, 0.1) is 6.42 Å². The molecule has 0 fully saturated rings. The number of rotatable bonds is 5. The second kappa shape index (κ2) is 7.48. The molecule has 0 aliphatic heterocycles. The van der Waals surface area contributed by atoms with Crippen LogP contribution < -0.4 is 5.32 Å². The monoisotopic (exact) mass is 321 g/mol. The number of carbonyl (C=O) groups excluding carboxylic acids is 1. The standard InChI is InChI=1S/C17H17Cl2NO/c1-12-5-2-3-6-13(12)9-10-20-17(21)11-14-15(18)7-4-8-16(14)19/h2-8H,9-11H2,1H3,(H,20,21). The van der Waals surface area contributed by atoms with Crippen LogP contribution in [-0.2, 0) is 17.6 Å². The van der Waals surface area contributed by atoms with Crippen LogP contribution in [-0.4, -0.2) is 12.5 Å². The molecule has 0 aliphatic rings. The summed E-state index contributed by atoms with van der Waals surface area (Å²) in [5.41, 5.74) is 3.16. The first kappa shape index (κ1) is 15.9. The first-order valence-corrected chi connectivity index (χ1v) is 7.57. The fourth-order valence-corrected chi connectivity index (χ4v) is 2.68. The Morgan fingerprint density at radius 2 is 1.71 bits per heavy atom. The smallest absolute Gasteiger partial charge is 0.224 e. The SMILES string of the molecule is Cc1ccccc1CCNC(=O)Cc1c(Cl)cccc1Cl. The first-order valence-electron chi connectivity index (χ1n) is 6.82. The van der Waals surface area contributed by atoms with Crippen LogP contribution in [0.1, 0.15) is 16.7 Å². The van der Waals surface area contributed by atoms with Crippen molar-refractivity contribution >= 4 is 29.1 Å². The lowest BCUT2D eigenvalue weighted by Crippen LogP contribution is -2.27. The lowest BCUT2D eigenvalue weighted by molar-refractivity contribution is -0.120. The van der Waals surface area contributed by atoms with Gasteiger partial charge in [0.15, 0.2) is 0 Å². The topological polar surface area (TPSA) is 29.1 Å². The second-order valence-electron chi connectivity index (χ2n) is 4.90. The van der Waals surface area contributed by atoms with Crippen LogP contribution in [0.5, 0.6) is 0 Å². The van der Waals surface area contributed by atoms with Gasteiger partial charge in [-0.1, -0.05) is 53.5 Å². The van der Waals surface area contributed by atoms with Gasteiger partial charge < -0.3 is 5.32 Å². The number of aryl methyl sites for hydroxylation is 1. The summed E-state index contributed by atoms with van der Waals surface area (Å²) in [5.74, 6) is -0.0708. The van der Waals surface area contributed by atoms with E-state index < -0.39 is 0 Å². The zero-order valence-electron chi connectivity index (χ0n) is 11.8. The van der Waals surface area contributed by atoms with Gasteiger partial charge in [0.1, 0.15) is 0 Å². The highest BCUT2D eigenvalue weighted by molar-refractivity contribution is 6.36. The van der Waals surface area contributed by atoms with Crippen LogP contribution in [0.3, 0.4) is 0 Å². The van der Waals surface area contributed by atoms with Crippen LogP contribution in [0, 0.1) is 6.92 Å². The summed E-state index contributed by atoms with van der Waals surface area (Å²) in [6.45, 7) is 2.67. The van der Waals surface area contributed by atoms with Crippen molar-refractivity contribution in [1.82, 2.24) is 5.32 Å². The van der Waals surface area contributed by atoms with Crippen LogP contribution in [0.15, 0.2) is 42.5 Å². The van der Waals surface area contributed by atoms with E-state index in [2.05, 4.69) is 24.4 Å². The largest absolute Gasteiger partial charge is 0.355 e. The first-order chi connectivity index (χ1) is 10.1. The number of nitrogens with one attached hydrogen (secondary N) is 1. The molecule has 0 atom stereocenters. The zero-order valence-corrected chi connectivity index (χ0v) is 13.3. The highest BCUT2D eigenvalue weighted by Gasteiger charge is 2.10. The minimum absolute atomic E-state index is 0.0708. The lowest BCUT2D eigenvalue weighted by Gasteiger charge is -2.09.